The smallest absolute Gasteiger partial charge is 0.416 e. The molecule has 1 aromatic carbocycles. The number of aliphatic hydroxyl groups is 1. The van der Waals surface area contributed by atoms with Crippen LogP contribution in [0.2, 0.25) is 0 Å². The van der Waals surface area contributed by atoms with Gasteiger partial charge >= 0.3 is 6.18 Å². The van der Waals surface area contributed by atoms with Crippen molar-refractivity contribution in [1.82, 2.24) is 15.1 Å². The van der Waals surface area contributed by atoms with Crippen LogP contribution >= 0.6 is 0 Å². The molecule has 0 aliphatic carbocycles. The molecule has 4 rings (SSSR count). The normalized spacial score (nSPS) is 23.2. The number of carbonyl (C=O) groups is 1. The lowest BCUT2D eigenvalue weighted by atomic mass is 9.97. The van der Waals surface area contributed by atoms with Gasteiger partial charge in [0.25, 0.3) is 12.3 Å². The molecule has 2 N–H and O–H groups in total. The van der Waals surface area contributed by atoms with Gasteiger partial charge in [-0.1, -0.05) is 0 Å². The van der Waals surface area contributed by atoms with Gasteiger partial charge in [0.05, 0.1) is 11.6 Å². The number of amides is 1. The maximum atomic E-state index is 12.9. The molecule has 2 unspecified atom stereocenters. The van der Waals surface area contributed by atoms with E-state index in [9.17, 15) is 31.9 Å². The number of ether oxygens (including phenoxy) is 2. The molecular weight excluding hydrogens is 417 g/mol. The van der Waals surface area contributed by atoms with E-state index in [-0.39, 0.29) is 42.5 Å². The van der Waals surface area contributed by atoms with Crippen molar-refractivity contribution in [2.24, 2.45) is 0 Å². The number of rotatable bonds is 3. The second-order valence-corrected chi connectivity index (χ2v) is 6.96. The minimum atomic E-state index is -4.60. The zero-order valence-corrected chi connectivity index (χ0v) is 15.2. The van der Waals surface area contributed by atoms with E-state index in [4.69, 9.17) is 9.47 Å². The van der Waals surface area contributed by atoms with Crippen LogP contribution in [-0.2, 0) is 12.7 Å². The minimum Gasteiger partial charge on any atom is -0.491 e. The van der Waals surface area contributed by atoms with Crippen molar-refractivity contribution in [2.75, 3.05) is 6.61 Å². The highest BCUT2D eigenvalue weighted by atomic mass is 19.4. The lowest BCUT2D eigenvalue weighted by molar-refractivity contribution is -0.137. The summed E-state index contributed by atoms with van der Waals surface area (Å²) in [4.78, 5) is 12.5. The Bertz CT molecular complexity index is 962. The first-order valence-corrected chi connectivity index (χ1v) is 8.99. The predicted molar refractivity (Wildman–Crippen MR) is 90.4 cm³/mol. The van der Waals surface area contributed by atoms with E-state index in [0.717, 1.165) is 18.2 Å². The van der Waals surface area contributed by atoms with Crippen LogP contribution < -0.4 is 14.8 Å². The molecule has 162 valence electrons. The number of nitrogens with one attached hydrogen (secondary N) is 1. The van der Waals surface area contributed by atoms with E-state index in [1.807, 2.05) is 0 Å². The molecular formula is C18H16F5N3O4. The lowest BCUT2D eigenvalue weighted by Gasteiger charge is -2.31. The molecule has 2 aliphatic rings. The fraction of sp³-hybridized carbons (Fsp3) is 0.444. The predicted octanol–water partition coefficient (Wildman–Crippen LogP) is 2.54. The second kappa shape index (κ2) is 7.42. The van der Waals surface area contributed by atoms with Gasteiger partial charge in [0.15, 0.2) is 11.8 Å². The summed E-state index contributed by atoms with van der Waals surface area (Å²) >= 11 is 0. The Morgan fingerprint density at radius 3 is 2.77 bits per heavy atom. The number of nitrogens with zero attached hydrogens (tertiary/aromatic N) is 2. The summed E-state index contributed by atoms with van der Waals surface area (Å²) in [5.74, 6) is -0.653. The van der Waals surface area contributed by atoms with E-state index in [1.165, 1.54) is 10.7 Å². The summed E-state index contributed by atoms with van der Waals surface area (Å²) in [6, 6.07) is 2.87. The average Bonchev–Trinajstić information content (AvgIpc) is 3.12. The number of halogens is 5. The Hall–Kier alpha value is -2.89. The molecule has 1 aromatic heterocycles. The van der Waals surface area contributed by atoms with Crippen LogP contribution in [0.3, 0.4) is 0 Å². The third kappa shape index (κ3) is 3.78. The van der Waals surface area contributed by atoms with Crippen LogP contribution in [-0.4, -0.2) is 46.0 Å². The maximum Gasteiger partial charge on any atom is 0.416 e. The Kier molecular flexibility index (Phi) is 5.04. The summed E-state index contributed by atoms with van der Waals surface area (Å²) in [6.45, 7) is -0.0385. The van der Waals surface area contributed by atoms with E-state index in [2.05, 4.69) is 10.4 Å². The van der Waals surface area contributed by atoms with Crippen LogP contribution in [0.1, 0.15) is 34.1 Å². The fourth-order valence-corrected chi connectivity index (χ4v) is 3.34. The first kappa shape index (κ1) is 20.4. The van der Waals surface area contributed by atoms with Gasteiger partial charge in [-0.3, -0.25) is 4.79 Å². The molecule has 0 saturated carbocycles. The highest BCUT2D eigenvalue weighted by molar-refractivity contribution is 5.92. The van der Waals surface area contributed by atoms with Gasteiger partial charge in [-0.25, -0.2) is 13.5 Å². The zero-order valence-electron chi connectivity index (χ0n) is 15.2. The summed E-state index contributed by atoms with van der Waals surface area (Å²) in [5, 5.41) is 16.9. The van der Waals surface area contributed by atoms with Gasteiger partial charge in [-0.15, -0.1) is 0 Å². The van der Waals surface area contributed by atoms with Crippen molar-refractivity contribution in [3.8, 4) is 11.6 Å². The Balaban J connectivity index is 1.49. The highest BCUT2D eigenvalue weighted by Crippen LogP contribution is 2.38. The summed E-state index contributed by atoms with van der Waals surface area (Å²) in [5.41, 5.74) is -1.20. The number of hydrogen-bond donors (Lipinski definition) is 2. The van der Waals surface area contributed by atoms with Gasteiger partial charge in [0.1, 0.15) is 18.5 Å². The highest BCUT2D eigenvalue weighted by Gasteiger charge is 2.36. The van der Waals surface area contributed by atoms with Crippen LogP contribution in [0, 0.1) is 0 Å². The van der Waals surface area contributed by atoms with Crippen LogP contribution in [0.4, 0.5) is 22.0 Å². The monoisotopic (exact) mass is 433 g/mol. The number of alkyl halides is 5. The number of aromatic nitrogens is 2. The summed E-state index contributed by atoms with van der Waals surface area (Å²) in [6.07, 6.45) is -9.99. The molecule has 0 saturated heterocycles. The van der Waals surface area contributed by atoms with Crippen LogP contribution in [0.25, 0.3) is 0 Å². The fourth-order valence-electron chi connectivity index (χ4n) is 3.34. The second-order valence-electron chi connectivity index (χ2n) is 6.96. The number of aryl methyl sites for hydroxylation is 1. The molecule has 0 radical (unpaired) electrons. The SMILES string of the molecule is O=C(N[C@H]1COc2ccc(C(F)(F)F)cc2C1O)c1cc2n(n1)CCC(C(F)F)O2. The Morgan fingerprint density at radius 1 is 1.30 bits per heavy atom. The first-order valence-electron chi connectivity index (χ1n) is 8.99. The molecule has 2 aliphatic heterocycles. The summed E-state index contributed by atoms with van der Waals surface area (Å²) < 4.78 is 76.2. The molecule has 0 fully saturated rings. The van der Waals surface area contributed by atoms with Crippen molar-refractivity contribution in [3.05, 3.63) is 41.1 Å². The molecule has 3 atom stereocenters. The molecule has 3 heterocycles. The molecule has 1 amide bonds. The van der Waals surface area contributed by atoms with Gasteiger partial charge in [-0.05, 0) is 18.2 Å². The Labute approximate surface area is 166 Å². The van der Waals surface area contributed by atoms with E-state index >= 15 is 0 Å². The van der Waals surface area contributed by atoms with Crippen molar-refractivity contribution in [3.63, 3.8) is 0 Å². The molecule has 30 heavy (non-hydrogen) atoms. The lowest BCUT2D eigenvalue weighted by Crippen LogP contribution is -2.45. The standard InChI is InChI=1S/C18H16F5N3O4/c19-16(20)13-3-4-26-14(30-13)6-10(25-26)17(28)24-11-7-29-12-2-1-8(18(21,22)23)5-9(12)15(11)27/h1-2,5-6,11,13,15-16,27H,3-4,7H2,(H,24,28)/t11-,13?,15?/m0/s1. The van der Waals surface area contributed by atoms with Gasteiger partial charge in [0, 0.05) is 24.6 Å². The van der Waals surface area contributed by atoms with Crippen molar-refractivity contribution in [1.29, 1.82) is 0 Å². The van der Waals surface area contributed by atoms with E-state index in [1.54, 1.807) is 0 Å². The third-order valence-corrected chi connectivity index (χ3v) is 4.93. The average molecular weight is 433 g/mol. The number of benzene rings is 1. The quantitative estimate of drug-likeness (QED) is 0.727. The first-order chi connectivity index (χ1) is 14.1. The van der Waals surface area contributed by atoms with Crippen molar-refractivity contribution in [2.45, 2.75) is 43.8 Å². The van der Waals surface area contributed by atoms with Crippen molar-refractivity contribution >= 4 is 5.91 Å². The van der Waals surface area contributed by atoms with Crippen LogP contribution in [0.15, 0.2) is 24.3 Å². The van der Waals surface area contributed by atoms with E-state index < -0.39 is 42.3 Å². The van der Waals surface area contributed by atoms with Gasteiger partial charge < -0.3 is 19.9 Å². The largest absolute Gasteiger partial charge is 0.491 e. The maximum absolute atomic E-state index is 12.9. The van der Waals surface area contributed by atoms with Gasteiger partial charge in [-0.2, -0.15) is 18.3 Å². The van der Waals surface area contributed by atoms with E-state index in [0.29, 0.717) is 0 Å². The van der Waals surface area contributed by atoms with Gasteiger partial charge in [0.2, 0.25) is 5.88 Å². The minimum absolute atomic E-state index is 0.0114. The summed E-state index contributed by atoms with van der Waals surface area (Å²) in [7, 11) is 0. The number of aliphatic hydroxyl groups excluding tert-OH is 1. The molecule has 0 bridgehead atoms. The van der Waals surface area contributed by atoms with Crippen molar-refractivity contribution < 1.29 is 41.3 Å². The molecule has 12 heteroatoms. The number of hydrogen-bond acceptors (Lipinski definition) is 5. The Morgan fingerprint density at radius 2 is 2.07 bits per heavy atom. The molecule has 7 nitrogen and oxygen atoms in total. The number of fused-ring (bicyclic) bond motifs is 2. The van der Waals surface area contributed by atoms with Crippen LogP contribution in [0.5, 0.6) is 11.6 Å². The zero-order chi connectivity index (χ0) is 21.6. The number of carbonyl (C=O) groups excluding carboxylic acids is 1. The topological polar surface area (TPSA) is 85.6 Å². The molecule has 0 spiro atoms. The molecule has 2 aromatic rings. The third-order valence-electron chi connectivity index (χ3n) is 4.93.